The van der Waals surface area contributed by atoms with E-state index in [2.05, 4.69) is 4.98 Å². The van der Waals surface area contributed by atoms with E-state index in [4.69, 9.17) is 14.2 Å². The first kappa shape index (κ1) is 21.2. The Kier molecular flexibility index (Phi) is 6.50. The number of esters is 2. The fraction of sp³-hybridized carbons (Fsp3) is 0.667. The predicted molar refractivity (Wildman–Crippen MR) is 102 cm³/mol. The zero-order valence-electron chi connectivity index (χ0n) is 17.3. The minimum Gasteiger partial charge on any atom is -0.474 e. The van der Waals surface area contributed by atoms with Gasteiger partial charge in [0.25, 0.3) is 0 Å². The summed E-state index contributed by atoms with van der Waals surface area (Å²) in [6.07, 6.45) is 4.35. The van der Waals surface area contributed by atoms with Crippen LogP contribution in [-0.4, -0.2) is 34.2 Å². The summed E-state index contributed by atoms with van der Waals surface area (Å²) in [6, 6.07) is 1.95. The fourth-order valence-corrected chi connectivity index (χ4v) is 2.88. The van der Waals surface area contributed by atoms with Gasteiger partial charge in [0.2, 0.25) is 5.88 Å². The monoisotopic (exact) mass is 377 g/mol. The summed E-state index contributed by atoms with van der Waals surface area (Å²) in [5.41, 5.74) is 0.843. The summed E-state index contributed by atoms with van der Waals surface area (Å²) in [4.78, 5) is 28.2. The van der Waals surface area contributed by atoms with Crippen LogP contribution in [0.5, 0.6) is 5.88 Å². The summed E-state index contributed by atoms with van der Waals surface area (Å²) >= 11 is 0. The molecule has 150 valence electrons. The number of carbonyl (C=O) groups is 2. The van der Waals surface area contributed by atoms with Crippen LogP contribution in [0.2, 0.25) is 0 Å². The van der Waals surface area contributed by atoms with Crippen LogP contribution in [0.15, 0.2) is 12.3 Å². The molecule has 1 atom stereocenters. The molecule has 1 aliphatic rings. The van der Waals surface area contributed by atoms with Crippen molar-refractivity contribution in [2.24, 2.45) is 0 Å². The SMILES string of the molecule is CC(C)(C)OC(=O)CC[C@H]1CCc2cc(CC(=O)OC(C)(C)C)cnc2O1. The van der Waals surface area contributed by atoms with Gasteiger partial charge in [-0.15, -0.1) is 0 Å². The normalized spacial score (nSPS) is 16.9. The number of fused-ring (bicyclic) bond motifs is 1. The molecule has 0 amide bonds. The Bertz CT molecular complexity index is 685. The highest BCUT2D eigenvalue weighted by molar-refractivity contribution is 5.73. The van der Waals surface area contributed by atoms with E-state index >= 15 is 0 Å². The summed E-state index contributed by atoms with van der Waals surface area (Å²) in [5.74, 6) is 0.108. The molecule has 0 saturated carbocycles. The van der Waals surface area contributed by atoms with E-state index in [-0.39, 0.29) is 24.5 Å². The zero-order valence-corrected chi connectivity index (χ0v) is 17.3. The molecule has 0 spiro atoms. The van der Waals surface area contributed by atoms with Crippen LogP contribution in [0, 0.1) is 0 Å². The zero-order chi connectivity index (χ0) is 20.2. The van der Waals surface area contributed by atoms with Gasteiger partial charge in [-0.05, 0) is 72.4 Å². The van der Waals surface area contributed by atoms with Gasteiger partial charge in [0, 0.05) is 18.2 Å². The van der Waals surface area contributed by atoms with Crippen molar-refractivity contribution in [3.63, 3.8) is 0 Å². The van der Waals surface area contributed by atoms with Crippen LogP contribution in [-0.2, 0) is 31.9 Å². The molecular formula is C21H31NO5. The quantitative estimate of drug-likeness (QED) is 0.727. The highest BCUT2D eigenvalue weighted by Crippen LogP contribution is 2.28. The molecule has 0 aromatic carbocycles. The molecular weight excluding hydrogens is 346 g/mol. The van der Waals surface area contributed by atoms with Crippen molar-refractivity contribution in [3.8, 4) is 5.88 Å². The number of hydrogen-bond donors (Lipinski definition) is 0. The topological polar surface area (TPSA) is 74.7 Å². The molecule has 0 bridgehead atoms. The van der Waals surface area contributed by atoms with E-state index in [0.29, 0.717) is 18.7 Å². The van der Waals surface area contributed by atoms with E-state index in [0.717, 1.165) is 24.0 Å². The number of aryl methyl sites for hydroxylation is 1. The van der Waals surface area contributed by atoms with Crippen molar-refractivity contribution < 1.29 is 23.8 Å². The van der Waals surface area contributed by atoms with E-state index in [1.54, 1.807) is 6.20 Å². The van der Waals surface area contributed by atoms with Gasteiger partial charge in [0.15, 0.2) is 0 Å². The van der Waals surface area contributed by atoms with Gasteiger partial charge in [-0.2, -0.15) is 0 Å². The van der Waals surface area contributed by atoms with Crippen molar-refractivity contribution in [3.05, 3.63) is 23.4 Å². The molecule has 1 aliphatic heterocycles. The Morgan fingerprint density at radius 1 is 1.11 bits per heavy atom. The van der Waals surface area contributed by atoms with Crippen LogP contribution >= 0.6 is 0 Å². The average Bonchev–Trinajstić information content (AvgIpc) is 2.49. The fourth-order valence-electron chi connectivity index (χ4n) is 2.88. The maximum Gasteiger partial charge on any atom is 0.310 e. The number of carbonyl (C=O) groups excluding carboxylic acids is 2. The first-order valence-electron chi connectivity index (χ1n) is 9.49. The maximum atomic E-state index is 12.0. The highest BCUT2D eigenvalue weighted by Gasteiger charge is 2.24. The molecule has 2 heterocycles. The van der Waals surface area contributed by atoms with Crippen LogP contribution in [0.3, 0.4) is 0 Å². The number of ether oxygens (including phenoxy) is 3. The Labute approximate surface area is 161 Å². The van der Waals surface area contributed by atoms with E-state index in [1.807, 2.05) is 47.6 Å². The van der Waals surface area contributed by atoms with Crippen molar-refractivity contribution >= 4 is 11.9 Å². The Hall–Kier alpha value is -2.11. The molecule has 0 radical (unpaired) electrons. The number of rotatable bonds is 5. The Morgan fingerprint density at radius 3 is 2.37 bits per heavy atom. The smallest absolute Gasteiger partial charge is 0.310 e. The lowest BCUT2D eigenvalue weighted by Gasteiger charge is -2.26. The van der Waals surface area contributed by atoms with Crippen molar-refractivity contribution in [1.29, 1.82) is 0 Å². The van der Waals surface area contributed by atoms with Crippen molar-refractivity contribution in [2.45, 2.75) is 91.0 Å². The number of hydrogen-bond acceptors (Lipinski definition) is 6. The summed E-state index contributed by atoms with van der Waals surface area (Å²) < 4.78 is 16.6. The molecule has 0 unspecified atom stereocenters. The van der Waals surface area contributed by atoms with Crippen molar-refractivity contribution in [2.75, 3.05) is 0 Å². The standard InChI is InChI=1S/C21H31NO5/c1-20(2,3)26-17(23)10-9-16-8-7-15-11-14(13-22-19(15)25-16)12-18(24)27-21(4,5)6/h11,13,16H,7-10,12H2,1-6H3/t16-/m1/s1. The average molecular weight is 377 g/mol. The molecule has 27 heavy (non-hydrogen) atoms. The van der Waals surface area contributed by atoms with E-state index in [9.17, 15) is 9.59 Å². The largest absolute Gasteiger partial charge is 0.474 e. The van der Waals surface area contributed by atoms with Crippen LogP contribution in [0.1, 0.15) is 71.9 Å². The third-order valence-corrected chi connectivity index (χ3v) is 3.85. The molecule has 0 aliphatic carbocycles. The van der Waals surface area contributed by atoms with Gasteiger partial charge in [0.1, 0.15) is 17.3 Å². The lowest BCUT2D eigenvalue weighted by molar-refractivity contribution is -0.156. The molecule has 0 fully saturated rings. The third kappa shape index (κ3) is 7.57. The van der Waals surface area contributed by atoms with E-state index in [1.165, 1.54) is 0 Å². The number of aromatic nitrogens is 1. The minimum atomic E-state index is -0.497. The Balaban J connectivity index is 1.88. The second-order valence-corrected chi connectivity index (χ2v) is 8.97. The van der Waals surface area contributed by atoms with Crippen molar-refractivity contribution in [1.82, 2.24) is 4.98 Å². The number of pyridine rings is 1. The second-order valence-electron chi connectivity index (χ2n) is 8.97. The highest BCUT2D eigenvalue weighted by atomic mass is 16.6. The third-order valence-electron chi connectivity index (χ3n) is 3.85. The van der Waals surface area contributed by atoms with E-state index < -0.39 is 11.2 Å². The number of nitrogens with zero attached hydrogens (tertiary/aromatic N) is 1. The Morgan fingerprint density at radius 2 is 1.74 bits per heavy atom. The lowest BCUT2D eigenvalue weighted by atomic mass is 10.00. The first-order valence-corrected chi connectivity index (χ1v) is 9.49. The van der Waals surface area contributed by atoms with Crippen LogP contribution < -0.4 is 4.74 Å². The van der Waals surface area contributed by atoms with Gasteiger partial charge in [-0.25, -0.2) is 4.98 Å². The molecule has 6 heteroatoms. The minimum absolute atomic E-state index is 0.0470. The summed E-state index contributed by atoms with van der Waals surface area (Å²) in [7, 11) is 0. The maximum absolute atomic E-state index is 12.0. The van der Waals surface area contributed by atoms with Gasteiger partial charge >= 0.3 is 11.9 Å². The summed E-state index contributed by atoms with van der Waals surface area (Å²) in [5, 5.41) is 0. The molecule has 6 nitrogen and oxygen atoms in total. The van der Waals surface area contributed by atoms with Crippen LogP contribution in [0.25, 0.3) is 0 Å². The van der Waals surface area contributed by atoms with Gasteiger partial charge in [-0.3, -0.25) is 9.59 Å². The summed E-state index contributed by atoms with van der Waals surface area (Å²) in [6.45, 7) is 11.1. The van der Waals surface area contributed by atoms with Gasteiger partial charge in [-0.1, -0.05) is 0 Å². The predicted octanol–water partition coefficient (Wildman–Crippen LogP) is 3.78. The molecule has 0 N–H and O–H groups in total. The molecule has 2 rings (SSSR count). The molecule has 1 aromatic rings. The van der Waals surface area contributed by atoms with Gasteiger partial charge < -0.3 is 14.2 Å². The molecule has 1 aromatic heterocycles. The molecule has 0 saturated heterocycles. The van der Waals surface area contributed by atoms with Crippen LogP contribution in [0.4, 0.5) is 0 Å². The van der Waals surface area contributed by atoms with Gasteiger partial charge in [0.05, 0.1) is 6.42 Å². The lowest BCUT2D eigenvalue weighted by Crippen LogP contribution is -2.27. The second kappa shape index (κ2) is 8.28. The first-order chi connectivity index (χ1) is 12.4.